The van der Waals surface area contributed by atoms with Gasteiger partial charge >= 0.3 is 0 Å². The molecule has 4 nitrogen and oxygen atoms in total. The number of rotatable bonds is 9. The van der Waals surface area contributed by atoms with Crippen LogP contribution in [0, 0.1) is 5.92 Å². The third kappa shape index (κ3) is 5.67. The Kier molecular flexibility index (Phi) is 5.45. The molecular weight excluding hydrogens is 248 g/mol. The lowest BCUT2D eigenvalue weighted by atomic mass is 10.1. The van der Waals surface area contributed by atoms with Crippen molar-refractivity contribution in [1.29, 1.82) is 0 Å². The highest BCUT2D eigenvalue weighted by molar-refractivity contribution is 7.89. The molecule has 106 valence electrons. The van der Waals surface area contributed by atoms with Crippen LogP contribution in [0.25, 0.3) is 0 Å². The first-order chi connectivity index (χ1) is 8.66. The normalized spacial score (nSPS) is 21.6. The molecule has 0 amide bonds. The standard InChI is InChI=1S/C13H26N2O2S/c16-18(17,15-11-12-5-1-2-6-12)10-4-3-9-14-13-7-8-13/h12-15H,1-11H2. The molecule has 2 aliphatic rings. The quantitative estimate of drug-likeness (QED) is 0.628. The summed E-state index contributed by atoms with van der Waals surface area (Å²) in [5, 5.41) is 3.40. The Hall–Kier alpha value is -0.130. The molecule has 0 atom stereocenters. The summed E-state index contributed by atoms with van der Waals surface area (Å²) in [5.41, 5.74) is 0. The van der Waals surface area contributed by atoms with E-state index in [0.717, 1.165) is 25.4 Å². The molecular formula is C13H26N2O2S. The zero-order valence-electron chi connectivity index (χ0n) is 11.2. The smallest absolute Gasteiger partial charge is 0.211 e. The molecule has 2 fully saturated rings. The first-order valence-corrected chi connectivity index (χ1v) is 9.02. The van der Waals surface area contributed by atoms with E-state index in [1.807, 2.05) is 0 Å². The van der Waals surface area contributed by atoms with Crippen molar-refractivity contribution < 1.29 is 8.42 Å². The van der Waals surface area contributed by atoms with Gasteiger partial charge < -0.3 is 5.32 Å². The summed E-state index contributed by atoms with van der Waals surface area (Å²) in [7, 11) is -3.03. The van der Waals surface area contributed by atoms with Gasteiger partial charge in [-0.1, -0.05) is 12.8 Å². The lowest BCUT2D eigenvalue weighted by Gasteiger charge is -2.11. The average Bonchev–Trinajstić information content (AvgIpc) is 3.00. The molecule has 0 bridgehead atoms. The number of hydrogen-bond donors (Lipinski definition) is 2. The monoisotopic (exact) mass is 274 g/mol. The van der Waals surface area contributed by atoms with Crippen LogP contribution in [0.1, 0.15) is 51.4 Å². The molecule has 18 heavy (non-hydrogen) atoms. The van der Waals surface area contributed by atoms with Crippen molar-refractivity contribution in [3.8, 4) is 0 Å². The van der Waals surface area contributed by atoms with Gasteiger partial charge in [0.15, 0.2) is 0 Å². The first kappa shape index (κ1) is 14.3. The van der Waals surface area contributed by atoms with Crippen LogP contribution in [-0.4, -0.2) is 33.3 Å². The maximum Gasteiger partial charge on any atom is 0.211 e. The molecule has 2 aliphatic carbocycles. The van der Waals surface area contributed by atoms with Crippen LogP contribution in [0.2, 0.25) is 0 Å². The van der Waals surface area contributed by atoms with Crippen molar-refractivity contribution >= 4 is 10.0 Å². The highest BCUT2D eigenvalue weighted by Crippen LogP contribution is 2.23. The van der Waals surface area contributed by atoms with Crippen molar-refractivity contribution in [1.82, 2.24) is 10.0 Å². The molecule has 0 aromatic heterocycles. The Morgan fingerprint density at radius 3 is 2.39 bits per heavy atom. The SMILES string of the molecule is O=S(=O)(CCCCNC1CC1)NCC1CCCC1. The highest BCUT2D eigenvalue weighted by atomic mass is 32.2. The van der Waals surface area contributed by atoms with Crippen LogP contribution in [0.15, 0.2) is 0 Å². The molecule has 0 saturated heterocycles. The third-order valence-corrected chi connectivity index (χ3v) is 5.35. The van der Waals surface area contributed by atoms with Gasteiger partial charge in [0.05, 0.1) is 5.75 Å². The van der Waals surface area contributed by atoms with E-state index < -0.39 is 10.0 Å². The van der Waals surface area contributed by atoms with E-state index in [1.54, 1.807) is 0 Å². The number of unbranched alkanes of at least 4 members (excludes halogenated alkanes) is 1. The molecule has 5 heteroatoms. The van der Waals surface area contributed by atoms with E-state index in [-0.39, 0.29) is 5.75 Å². The predicted octanol–water partition coefficient (Wildman–Crippen LogP) is 1.63. The summed E-state index contributed by atoms with van der Waals surface area (Å²) in [6, 6.07) is 0.724. The van der Waals surface area contributed by atoms with Gasteiger partial charge in [-0.05, 0) is 51.0 Å². The van der Waals surface area contributed by atoms with Crippen molar-refractivity contribution in [3.63, 3.8) is 0 Å². The summed E-state index contributed by atoms with van der Waals surface area (Å²) in [5.74, 6) is 0.864. The van der Waals surface area contributed by atoms with E-state index in [1.165, 1.54) is 38.5 Å². The Bertz CT molecular complexity index is 333. The Morgan fingerprint density at radius 2 is 1.72 bits per heavy atom. The minimum atomic E-state index is -3.03. The predicted molar refractivity (Wildman–Crippen MR) is 74.0 cm³/mol. The Balaban J connectivity index is 1.51. The largest absolute Gasteiger partial charge is 0.314 e. The topological polar surface area (TPSA) is 58.2 Å². The Labute approximate surface area is 111 Å². The zero-order chi connectivity index (χ0) is 12.8. The molecule has 0 heterocycles. The number of sulfonamides is 1. The van der Waals surface area contributed by atoms with E-state index in [2.05, 4.69) is 10.0 Å². The maximum absolute atomic E-state index is 11.8. The summed E-state index contributed by atoms with van der Waals surface area (Å²) in [6.45, 7) is 1.62. The van der Waals surface area contributed by atoms with E-state index >= 15 is 0 Å². The van der Waals surface area contributed by atoms with Crippen LogP contribution >= 0.6 is 0 Å². The van der Waals surface area contributed by atoms with Crippen molar-refractivity contribution in [2.24, 2.45) is 5.92 Å². The molecule has 0 aromatic carbocycles. The molecule has 2 N–H and O–H groups in total. The third-order valence-electron chi connectivity index (χ3n) is 3.92. The van der Waals surface area contributed by atoms with Crippen molar-refractivity contribution in [2.45, 2.75) is 57.4 Å². The van der Waals surface area contributed by atoms with Gasteiger partial charge in [0.25, 0.3) is 0 Å². The number of hydrogen-bond acceptors (Lipinski definition) is 3. The van der Waals surface area contributed by atoms with Crippen LogP contribution in [0.3, 0.4) is 0 Å². The first-order valence-electron chi connectivity index (χ1n) is 7.36. The van der Waals surface area contributed by atoms with Crippen LogP contribution in [0.4, 0.5) is 0 Å². The fraction of sp³-hybridized carbons (Fsp3) is 1.00. The molecule has 2 saturated carbocycles. The molecule has 0 radical (unpaired) electrons. The second-order valence-corrected chi connectivity index (χ2v) is 7.68. The fourth-order valence-corrected chi connectivity index (χ4v) is 3.76. The van der Waals surface area contributed by atoms with Gasteiger partial charge in [0.2, 0.25) is 10.0 Å². The Morgan fingerprint density at radius 1 is 1.00 bits per heavy atom. The average molecular weight is 274 g/mol. The van der Waals surface area contributed by atoms with E-state index in [9.17, 15) is 8.42 Å². The van der Waals surface area contributed by atoms with E-state index in [0.29, 0.717) is 12.5 Å². The summed E-state index contributed by atoms with van der Waals surface area (Å²) < 4.78 is 26.3. The van der Waals surface area contributed by atoms with Crippen molar-refractivity contribution in [3.05, 3.63) is 0 Å². The minimum absolute atomic E-state index is 0.284. The zero-order valence-corrected chi connectivity index (χ0v) is 12.0. The fourth-order valence-electron chi connectivity index (χ4n) is 2.54. The molecule has 0 unspecified atom stereocenters. The van der Waals surface area contributed by atoms with Gasteiger partial charge in [-0.2, -0.15) is 0 Å². The molecule has 0 aliphatic heterocycles. The second-order valence-electron chi connectivity index (χ2n) is 5.75. The van der Waals surface area contributed by atoms with Crippen LogP contribution in [0.5, 0.6) is 0 Å². The van der Waals surface area contributed by atoms with Gasteiger partial charge in [0, 0.05) is 12.6 Å². The van der Waals surface area contributed by atoms with Gasteiger partial charge in [-0.3, -0.25) is 0 Å². The summed E-state index contributed by atoms with van der Waals surface area (Å²) >= 11 is 0. The van der Waals surface area contributed by atoms with Crippen LogP contribution in [-0.2, 0) is 10.0 Å². The molecule has 0 spiro atoms. The van der Waals surface area contributed by atoms with E-state index in [4.69, 9.17) is 0 Å². The summed E-state index contributed by atoms with van der Waals surface area (Å²) in [6.07, 6.45) is 9.21. The van der Waals surface area contributed by atoms with Crippen molar-refractivity contribution in [2.75, 3.05) is 18.8 Å². The minimum Gasteiger partial charge on any atom is -0.314 e. The highest BCUT2D eigenvalue weighted by Gasteiger charge is 2.20. The lowest BCUT2D eigenvalue weighted by molar-refractivity contribution is 0.517. The van der Waals surface area contributed by atoms with Gasteiger partial charge in [0.1, 0.15) is 0 Å². The summed E-state index contributed by atoms with van der Waals surface area (Å²) in [4.78, 5) is 0. The maximum atomic E-state index is 11.8. The second kappa shape index (κ2) is 6.87. The van der Waals surface area contributed by atoms with Gasteiger partial charge in [-0.15, -0.1) is 0 Å². The molecule has 0 aromatic rings. The lowest BCUT2D eigenvalue weighted by Crippen LogP contribution is -2.31. The molecule has 2 rings (SSSR count). The van der Waals surface area contributed by atoms with Gasteiger partial charge in [-0.25, -0.2) is 13.1 Å². The van der Waals surface area contributed by atoms with Crippen LogP contribution < -0.4 is 10.0 Å². The number of nitrogens with one attached hydrogen (secondary N) is 2.